The minimum atomic E-state index is -4.18. The number of carbonyl (C=O) groups is 1. The van der Waals surface area contributed by atoms with Gasteiger partial charge in [0.2, 0.25) is 5.91 Å². The number of guanidine groups is 1. The summed E-state index contributed by atoms with van der Waals surface area (Å²) in [5.74, 6) is 0.0346. The molecule has 0 spiro atoms. The molecular formula is C17H24F3N5O. The minimum absolute atomic E-state index is 0.0906. The lowest BCUT2D eigenvalue weighted by Crippen LogP contribution is -2.45. The SMILES string of the molecule is CCNC(=NCc1cccc(C(N)=O)c1)NC1CCN(CC(F)(F)F)C1. The molecule has 1 atom stereocenters. The summed E-state index contributed by atoms with van der Waals surface area (Å²) in [6.07, 6.45) is -3.56. The largest absolute Gasteiger partial charge is 0.401 e. The minimum Gasteiger partial charge on any atom is -0.366 e. The van der Waals surface area contributed by atoms with Crippen molar-refractivity contribution in [1.29, 1.82) is 0 Å². The molecule has 26 heavy (non-hydrogen) atoms. The molecule has 1 unspecified atom stereocenters. The van der Waals surface area contributed by atoms with Crippen LogP contribution in [0.15, 0.2) is 29.3 Å². The first kappa shape index (κ1) is 20.0. The molecule has 0 aromatic heterocycles. The van der Waals surface area contributed by atoms with Crippen LogP contribution in [0.2, 0.25) is 0 Å². The molecule has 1 heterocycles. The topological polar surface area (TPSA) is 82.7 Å². The second-order valence-electron chi connectivity index (χ2n) is 6.24. The van der Waals surface area contributed by atoms with Gasteiger partial charge in [0, 0.05) is 31.2 Å². The molecule has 1 fully saturated rings. The second-order valence-corrected chi connectivity index (χ2v) is 6.24. The summed E-state index contributed by atoms with van der Waals surface area (Å²) in [5.41, 5.74) is 6.50. The van der Waals surface area contributed by atoms with Crippen LogP contribution in [0.4, 0.5) is 13.2 Å². The van der Waals surface area contributed by atoms with Crippen LogP contribution in [-0.2, 0) is 6.54 Å². The normalized spacial score (nSPS) is 18.8. The summed E-state index contributed by atoms with van der Waals surface area (Å²) in [5, 5.41) is 6.27. The lowest BCUT2D eigenvalue weighted by Gasteiger charge is -2.19. The fraction of sp³-hybridized carbons (Fsp3) is 0.529. The van der Waals surface area contributed by atoms with Crippen molar-refractivity contribution in [2.75, 3.05) is 26.2 Å². The average Bonchev–Trinajstić information content (AvgIpc) is 2.98. The number of hydrogen-bond donors (Lipinski definition) is 3. The molecule has 4 N–H and O–H groups in total. The highest BCUT2D eigenvalue weighted by atomic mass is 19.4. The molecule has 1 saturated heterocycles. The summed E-state index contributed by atoms with van der Waals surface area (Å²) in [6.45, 7) is 2.70. The number of nitrogens with one attached hydrogen (secondary N) is 2. The number of nitrogens with two attached hydrogens (primary N) is 1. The predicted octanol–water partition coefficient (Wildman–Crippen LogP) is 1.48. The zero-order valence-electron chi connectivity index (χ0n) is 14.6. The Labute approximate surface area is 150 Å². The van der Waals surface area contributed by atoms with E-state index in [0.717, 1.165) is 5.56 Å². The third-order valence-electron chi connectivity index (χ3n) is 3.99. The van der Waals surface area contributed by atoms with Gasteiger partial charge < -0.3 is 16.4 Å². The van der Waals surface area contributed by atoms with Gasteiger partial charge in [0.05, 0.1) is 13.1 Å². The van der Waals surface area contributed by atoms with E-state index in [-0.39, 0.29) is 6.04 Å². The molecular weight excluding hydrogens is 347 g/mol. The lowest BCUT2D eigenvalue weighted by molar-refractivity contribution is -0.143. The molecule has 0 saturated carbocycles. The predicted molar refractivity (Wildman–Crippen MR) is 93.8 cm³/mol. The second kappa shape index (κ2) is 8.88. The van der Waals surface area contributed by atoms with Crippen molar-refractivity contribution in [1.82, 2.24) is 15.5 Å². The molecule has 0 aliphatic carbocycles. The monoisotopic (exact) mass is 371 g/mol. The molecule has 1 aromatic carbocycles. The van der Waals surface area contributed by atoms with Crippen molar-refractivity contribution in [2.24, 2.45) is 10.7 Å². The lowest BCUT2D eigenvalue weighted by atomic mass is 10.1. The Hall–Kier alpha value is -2.29. The summed E-state index contributed by atoms with van der Waals surface area (Å²) in [4.78, 5) is 17.1. The number of halogens is 3. The number of carbonyl (C=O) groups excluding carboxylic acids is 1. The Kier molecular flexibility index (Phi) is 6.84. The smallest absolute Gasteiger partial charge is 0.366 e. The molecule has 1 amide bonds. The Balaban J connectivity index is 1.95. The van der Waals surface area contributed by atoms with Crippen molar-refractivity contribution >= 4 is 11.9 Å². The number of rotatable bonds is 6. The number of amides is 1. The van der Waals surface area contributed by atoms with Crippen LogP contribution in [0.5, 0.6) is 0 Å². The van der Waals surface area contributed by atoms with Crippen molar-refractivity contribution < 1.29 is 18.0 Å². The molecule has 0 radical (unpaired) electrons. The van der Waals surface area contributed by atoms with Gasteiger partial charge in [0.25, 0.3) is 0 Å². The van der Waals surface area contributed by atoms with Gasteiger partial charge in [-0.3, -0.25) is 9.69 Å². The van der Waals surface area contributed by atoms with E-state index in [9.17, 15) is 18.0 Å². The van der Waals surface area contributed by atoms with E-state index in [1.54, 1.807) is 18.2 Å². The Morgan fingerprint density at radius 1 is 1.42 bits per heavy atom. The van der Waals surface area contributed by atoms with E-state index >= 15 is 0 Å². The van der Waals surface area contributed by atoms with Crippen molar-refractivity contribution in [3.63, 3.8) is 0 Å². The zero-order chi connectivity index (χ0) is 19.2. The van der Waals surface area contributed by atoms with Crippen LogP contribution in [0.1, 0.15) is 29.3 Å². The van der Waals surface area contributed by atoms with E-state index in [0.29, 0.717) is 44.1 Å². The van der Waals surface area contributed by atoms with E-state index in [2.05, 4.69) is 15.6 Å². The Morgan fingerprint density at radius 3 is 2.85 bits per heavy atom. The van der Waals surface area contributed by atoms with E-state index in [4.69, 9.17) is 5.73 Å². The first-order valence-corrected chi connectivity index (χ1v) is 8.49. The van der Waals surface area contributed by atoms with Gasteiger partial charge >= 0.3 is 6.18 Å². The molecule has 144 valence electrons. The van der Waals surface area contributed by atoms with Crippen LogP contribution in [-0.4, -0.2) is 55.2 Å². The van der Waals surface area contributed by atoms with E-state index < -0.39 is 18.6 Å². The van der Waals surface area contributed by atoms with Crippen LogP contribution in [0, 0.1) is 0 Å². The maximum atomic E-state index is 12.5. The highest BCUT2D eigenvalue weighted by Crippen LogP contribution is 2.19. The molecule has 1 aliphatic heterocycles. The van der Waals surface area contributed by atoms with Gasteiger partial charge in [-0.1, -0.05) is 12.1 Å². The molecule has 6 nitrogen and oxygen atoms in total. The van der Waals surface area contributed by atoms with Crippen molar-refractivity contribution in [3.05, 3.63) is 35.4 Å². The third kappa shape index (κ3) is 6.55. The molecule has 1 aromatic rings. The van der Waals surface area contributed by atoms with Gasteiger partial charge in [-0.15, -0.1) is 0 Å². The molecule has 9 heteroatoms. The molecule has 0 bridgehead atoms. The summed E-state index contributed by atoms with van der Waals surface area (Å²) >= 11 is 0. The summed E-state index contributed by atoms with van der Waals surface area (Å²) < 4.78 is 37.5. The Morgan fingerprint density at radius 2 is 2.19 bits per heavy atom. The fourth-order valence-corrected chi connectivity index (χ4v) is 2.85. The average molecular weight is 371 g/mol. The quantitative estimate of drug-likeness (QED) is 0.523. The van der Waals surface area contributed by atoms with Gasteiger partial charge in [-0.2, -0.15) is 13.2 Å². The standard InChI is InChI=1S/C17H24F3N5O/c1-2-22-16(23-9-12-4-3-5-13(8-12)15(21)26)24-14-6-7-25(10-14)11-17(18,19)20/h3-5,8,14H,2,6-7,9-11H2,1H3,(H2,21,26)(H2,22,23,24). The molecule has 2 rings (SSSR count). The van der Waals surface area contributed by atoms with Gasteiger partial charge in [0.1, 0.15) is 0 Å². The number of nitrogens with zero attached hydrogens (tertiary/aromatic N) is 2. The first-order valence-electron chi connectivity index (χ1n) is 8.49. The summed E-state index contributed by atoms with van der Waals surface area (Å²) in [7, 11) is 0. The Bertz CT molecular complexity index is 648. The number of likely N-dealkylation sites (tertiary alicyclic amines) is 1. The van der Waals surface area contributed by atoms with Crippen LogP contribution in [0.25, 0.3) is 0 Å². The summed E-state index contributed by atoms with van der Waals surface area (Å²) in [6, 6.07) is 6.78. The van der Waals surface area contributed by atoms with Crippen molar-refractivity contribution in [3.8, 4) is 0 Å². The maximum Gasteiger partial charge on any atom is 0.401 e. The van der Waals surface area contributed by atoms with E-state index in [1.165, 1.54) is 4.90 Å². The van der Waals surface area contributed by atoms with Gasteiger partial charge in [0.15, 0.2) is 5.96 Å². The first-order chi connectivity index (χ1) is 12.3. The number of hydrogen-bond acceptors (Lipinski definition) is 3. The van der Waals surface area contributed by atoms with Crippen molar-refractivity contribution in [2.45, 2.75) is 32.1 Å². The zero-order valence-corrected chi connectivity index (χ0v) is 14.6. The van der Waals surface area contributed by atoms with Crippen LogP contribution in [0.3, 0.4) is 0 Å². The third-order valence-corrected chi connectivity index (χ3v) is 3.99. The van der Waals surface area contributed by atoms with Gasteiger partial charge in [-0.25, -0.2) is 4.99 Å². The number of alkyl halides is 3. The van der Waals surface area contributed by atoms with Gasteiger partial charge in [-0.05, 0) is 31.0 Å². The maximum absolute atomic E-state index is 12.5. The number of primary amides is 1. The van der Waals surface area contributed by atoms with Crippen LogP contribution >= 0.6 is 0 Å². The fourth-order valence-electron chi connectivity index (χ4n) is 2.85. The highest BCUT2D eigenvalue weighted by Gasteiger charge is 2.34. The van der Waals surface area contributed by atoms with Crippen LogP contribution < -0.4 is 16.4 Å². The number of aliphatic imine (C=N–C) groups is 1. The molecule has 1 aliphatic rings. The highest BCUT2D eigenvalue weighted by molar-refractivity contribution is 5.92. The number of benzene rings is 1. The van der Waals surface area contributed by atoms with E-state index in [1.807, 2.05) is 13.0 Å².